The molecule has 1 saturated heterocycles. The van der Waals surface area contributed by atoms with Gasteiger partial charge in [0.05, 0.1) is 12.6 Å². The van der Waals surface area contributed by atoms with Gasteiger partial charge in [0.25, 0.3) is 0 Å². The van der Waals surface area contributed by atoms with Gasteiger partial charge in [-0.15, -0.1) is 0 Å². The van der Waals surface area contributed by atoms with Gasteiger partial charge in [-0.05, 0) is 29.2 Å². The van der Waals surface area contributed by atoms with Crippen LogP contribution in [-0.2, 0) is 20.9 Å². The summed E-state index contributed by atoms with van der Waals surface area (Å²) in [5.41, 5.74) is 1.47. The molecule has 31 heavy (non-hydrogen) atoms. The molecule has 0 saturated carbocycles. The maximum atomic E-state index is 14.1. The molecule has 0 spiro atoms. The van der Waals surface area contributed by atoms with Crippen molar-refractivity contribution in [3.8, 4) is 0 Å². The van der Waals surface area contributed by atoms with Gasteiger partial charge in [-0.3, -0.25) is 9.59 Å². The summed E-state index contributed by atoms with van der Waals surface area (Å²) in [6.07, 6.45) is -0.625. The fraction of sp³-hybridized carbons (Fsp3) is 0.417. The van der Waals surface area contributed by atoms with Crippen LogP contribution >= 0.6 is 0 Å². The Morgan fingerprint density at radius 3 is 2.55 bits per heavy atom. The third-order valence-electron chi connectivity index (χ3n) is 5.12. The standard InChI is InChI=1S/C24H29FN2O4/c1-24(2,3)12-21(28)26-18-10-8-16(9-11-18)23(30)20-14-31-15-22(29)27(20)13-17-6-4-5-7-19(17)25/h4-11,20,23,30H,12-15H2,1-3H3,(H,26,28)/t20-,23-/m1/s1. The van der Waals surface area contributed by atoms with Gasteiger partial charge < -0.3 is 20.1 Å². The van der Waals surface area contributed by atoms with Crippen molar-refractivity contribution in [3.63, 3.8) is 0 Å². The van der Waals surface area contributed by atoms with Gasteiger partial charge in [0.1, 0.15) is 18.5 Å². The zero-order chi connectivity index (χ0) is 22.6. The Morgan fingerprint density at radius 1 is 1.23 bits per heavy atom. The number of nitrogens with zero attached hydrogens (tertiary/aromatic N) is 1. The van der Waals surface area contributed by atoms with Crippen molar-refractivity contribution in [2.75, 3.05) is 18.5 Å². The largest absolute Gasteiger partial charge is 0.386 e. The minimum atomic E-state index is -1.02. The van der Waals surface area contributed by atoms with Gasteiger partial charge >= 0.3 is 0 Å². The van der Waals surface area contributed by atoms with Crippen molar-refractivity contribution in [1.29, 1.82) is 0 Å². The first-order chi connectivity index (χ1) is 14.6. The Labute approximate surface area is 182 Å². The van der Waals surface area contributed by atoms with E-state index in [1.807, 2.05) is 20.8 Å². The minimum Gasteiger partial charge on any atom is -0.386 e. The molecule has 2 N–H and O–H groups in total. The molecule has 2 aromatic rings. The predicted molar refractivity (Wildman–Crippen MR) is 116 cm³/mol. The Bertz CT molecular complexity index is 924. The Kier molecular flexibility index (Phi) is 7.08. The number of aliphatic hydroxyl groups is 1. The SMILES string of the molecule is CC(C)(C)CC(=O)Nc1ccc([C@@H](O)[C@H]2COCC(=O)N2Cc2ccccc2F)cc1. The second kappa shape index (κ2) is 9.58. The summed E-state index contributed by atoms with van der Waals surface area (Å²) in [5, 5.41) is 13.8. The highest BCUT2D eigenvalue weighted by Gasteiger charge is 2.35. The lowest BCUT2D eigenvalue weighted by Crippen LogP contribution is -2.51. The van der Waals surface area contributed by atoms with Crippen LogP contribution < -0.4 is 5.32 Å². The fourth-order valence-corrected chi connectivity index (χ4v) is 3.57. The van der Waals surface area contributed by atoms with E-state index in [1.54, 1.807) is 42.5 Å². The molecule has 7 heteroatoms. The van der Waals surface area contributed by atoms with Crippen LogP contribution in [0, 0.1) is 11.2 Å². The van der Waals surface area contributed by atoms with E-state index in [-0.39, 0.29) is 37.0 Å². The third-order valence-corrected chi connectivity index (χ3v) is 5.12. The maximum Gasteiger partial charge on any atom is 0.249 e. The van der Waals surface area contributed by atoms with Crippen LogP contribution in [-0.4, -0.2) is 41.1 Å². The first kappa shape index (κ1) is 22.9. The van der Waals surface area contributed by atoms with Crippen LogP contribution in [0.25, 0.3) is 0 Å². The van der Waals surface area contributed by atoms with Crippen molar-refractivity contribution < 1.29 is 23.8 Å². The second-order valence-electron chi connectivity index (χ2n) is 9.05. The first-order valence-electron chi connectivity index (χ1n) is 10.3. The van der Waals surface area contributed by atoms with E-state index in [1.165, 1.54) is 11.0 Å². The molecule has 2 atom stereocenters. The number of rotatable bonds is 6. The van der Waals surface area contributed by atoms with E-state index in [4.69, 9.17) is 4.74 Å². The molecule has 1 aliphatic heterocycles. The van der Waals surface area contributed by atoms with Crippen molar-refractivity contribution >= 4 is 17.5 Å². The summed E-state index contributed by atoms with van der Waals surface area (Å²) in [6, 6.07) is 12.5. The second-order valence-corrected chi connectivity index (χ2v) is 9.05. The summed E-state index contributed by atoms with van der Waals surface area (Å²) in [7, 11) is 0. The van der Waals surface area contributed by atoms with Gasteiger partial charge in [-0.1, -0.05) is 51.1 Å². The molecule has 1 heterocycles. The normalized spacial score (nSPS) is 18.0. The molecule has 6 nitrogen and oxygen atoms in total. The van der Waals surface area contributed by atoms with Gasteiger partial charge in [-0.2, -0.15) is 0 Å². The summed E-state index contributed by atoms with van der Waals surface area (Å²) in [4.78, 5) is 26.1. The number of nitrogens with one attached hydrogen (secondary N) is 1. The van der Waals surface area contributed by atoms with E-state index in [0.29, 0.717) is 23.2 Å². The average Bonchev–Trinajstić information content (AvgIpc) is 2.69. The highest BCUT2D eigenvalue weighted by atomic mass is 19.1. The van der Waals surface area contributed by atoms with Crippen LogP contribution in [0.5, 0.6) is 0 Å². The number of aliphatic hydroxyl groups excluding tert-OH is 1. The van der Waals surface area contributed by atoms with Gasteiger partial charge in [0.2, 0.25) is 11.8 Å². The number of halogens is 1. The smallest absolute Gasteiger partial charge is 0.249 e. The number of carbonyl (C=O) groups excluding carboxylic acids is 2. The number of hydrogen-bond acceptors (Lipinski definition) is 4. The first-order valence-corrected chi connectivity index (χ1v) is 10.3. The average molecular weight is 429 g/mol. The van der Waals surface area contributed by atoms with E-state index in [9.17, 15) is 19.1 Å². The number of hydrogen-bond donors (Lipinski definition) is 2. The number of morpholine rings is 1. The number of benzene rings is 2. The summed E-state index contributed by atoms with van der Waals surface area (Å²) >= 11 is 0. The molecule has 3 rings (SSSR count). The number of ether oxygens (including phenoxy) is 1. The third kappa shape index (κ3) is 6.12. The fourth-order valence-electron chi connectivity index (χ4n) is 3.57. The van der Waals surface area contributed by atoms with Crippen LogP contribution in [0.2, 0.25) is 0 Å². The topological polar surface area (TPSA) is 78.9 Å². The van der Waals surface area contributed by atoms with Crippen molar-refractivity contribution in [3.05, 3.63) is 65.5 Å². The zero-order valence-electron chi connectivity index (χ0n) is 18.1. The maximum absolute atomic E-state index is 14.1. The molecular weight excluding hydrogens is 399 g/mol. The molecule has 0 aromatic heterocycles. The van der Waals surface area contributed by atoms with E-state index in [0.717, 1.165) is 0 Å². The van der Waals surface area contributed by atoms with Crippen LogP contribution in [0.3, 0.4) is 0 Å². The van der Waals surface area contributed by atoms with Crippen LogP contribution in [0.1, 0.15) is 44.4 Å². The molecule has 2 aromatic carbocycles. The molecule has 2 amide bonds. The lowest BCUT2D eigenvalue weighted by atomic mass is 9.92. The van der Waals surface area contributed by atoms with E-state index >= 15 is 0 Å². The van der Waals surface area contributed by atoms with Gasteiger partial charge in [-0.25, -0.2) is 4.39 Å². The predicted octanol–water partition coefficient (Wildman–Crippen LogP) is 3.66. The molecular formula is C24H29FN2O4. The molecule has 0 aliphatic carbocycles. The quantitative estimate of drug-likeness (QED) is 0.736. The Morgan fingerprint density at radius 2 is 1.90 bits per heavy atom. The zero-order valence-corrected chi connectivity index (χ0v) is 18.1. The van der Waals surface area contributed by atoms with E-state index < -0.39 is 18.0 Å². The molecule has 0 radical (unpaired) electrons. The minimum absolute atomic E-state index is 0.0531. The Balaban J connectivity index is 1.72. The van der Waals surface area contributed by atoms with Crippen molar-refractivity contribution in [2.24, 2.45) is 5.41 Å². The Hall–Kier alpha value is -2.77. The summed E-state index contributed by atoms with van der Waals surface area (Å²) < 4.78 is 19.5. The number of carbonyl (C=O) groups is 2. The molecule has 0 bridgehead atoms. The van der Waals surface area contributed by atoms with Gasteiger partial charge in [0, 0.05) is 24.2 Å². The van der Waals surface area contributed by atoms with Crippen molar-refractivity contribution in [1.82, 2.24) is 4.90 Å². The van der Waals surface area contributed by atoms with Crippen LogP contribution in [0.15, 0.2) is 48.5 Å². The lowest BCUT2D eigenvalue weighted by molar-refractivity contribution is -0.155. The van der Waals surface area contributed by atoms with Crippen LogP contribution in [0.4, 0.5) is 10.1 Å². The molecule has 0 unspecified atom stereocenters. The summed E-state index contributed by atoms with van der Waals surface area (Å²) in [5.74, 6) is -0.780. The molecule has 1 aliphatic rings. The highest BCUT2D eigenvalue weighted by molar-refractivity contribution is 5.91. The number of amides is 2. The molecule has 166 valence electrons. The molecule has 1 fully saturated rings. The van der Waals surface area contributed by atoms with Gasteiger partial charge in [0.15, 0.2) is 0 Å². The van der Waals surface area contributed by atoms with Crippen molar-refractivity contribution in [2.45, 2.75) is 45.9 Å². The number of anilines is 1. The summed E-state index contributed by atoms with van der Waals surface area (Å²) in [6.45, 7) is 6.07. The lowest BCUT2D eigenvalue weighted by Gasteiger charge is -2.38. The monoisotopic (exact) mass is 428 g/mol. The van der Waals surface area contributed by atoms with E-state index in [2.05, 4.69) is 5.32 Å². The highest BCUT2D eigenvalue weighted by Crippen LogP contribution is 2.27.